The van der Waals surface area contributed by atoms with Crippen LogP contribution in [-0.2, 0) is 21.4 Å². The summed E-state index contributed by atoms with van der Waals surface area (Å²) < 4.78 is 37.4. The van der Waals surface area contributed by atoms with Crippen LogP contribution in [0.4, 0.5) is 0 Å². The molecule has 0 saturated carbocycles. The van der Waals surface area contributed by atoms with Crippen molar-refractivity contribution < 1.29 is 22.7 Å². The lowest BCUT2D eigenvalue weighted by Gasteiger charge is -2.18. The molecule has 1 N–H and O–H groups in total. The van der Waals surface area contributed by atoms with Crippen LogP contribution in [0.5, 0.6) is 11.5 Å². The zero-order valence-electron chi connectivity index (χ0n) is 17.9. The number of amides is 1. The first-order valence-electron chi connectivity index (χ1n) is 10.0. The summed E-state index contributed by atoms with van der Waals surface area (Å²) in [5.41, 5.74) is 1.20. The highest BCUT2D eigenvalue weighted by atomic mass is 32.2. The summed E-state index contributed by atoms with van der Waals surface area (Å²) >= 11 is 0. The Morgan fingerprint density at radius 1 is 1.03 bits per heavy atom. The van der Waals surface area contributed by atoms with Crippen LogP contribution in [0, 0.1) is 11.3 Å². The van der Waals surface area contributed by atoms with Crippen molar-refractivity contribution in [2.45, 2.75) is 32.2 Å². The Bertz CT molecular complexity index is 1030. The molecule has 0 fully saturated rings. The number of carbonyl (C=O) groups excluding carboxylic acids is 1. The van der Waals surface area contributed by atoms with Gasteiger partial charge in [-0.1, -0.05) is 26.0 Å². The fraction of sp³-hybridized carbons (Fsp3) is 0.364. The zero-order chi connectivity index (χ0) is 22.9. The average Bonchev–Trinajstić information content (AvgIpc) is 2.77. The van der Waals surface area contributed by atoms with Gasteiger partial charge in [-0.15, -0.1) is 0 Å². The monoisotopic (exact) mass is 445 g/mol. The molecule has 9 heteroatoms. The summed E-state index contributed by atoms with van der Waals surface area (Å²) in [4.78, 5) is 12.4. The lowest BCUT2D eigenvalue weighted by atomic mass is 10.2. The third-order valence-corrected chi connectivity index (χ3v) is 6.55. The number of nitrogens with zero attached hydrogens (tertiary/aromatic N) is 2. The fourth-order valence-electron chi connectivity index (χ4n) is 2.85. The van der Waals surface area contributed by atoms with Crippen molar-refractivity contribution in [3.05, 3.63) is 53.6 Å². The molecular formula is C22H27N3O5S. The van der Waals surface area contributed by atoms with E-state index in [-0.39, 0.29) is 24.0 Å². The fourth-order valence-corrected chi connectivity index (χ4v) is 4.31. The van der Waals surface area contributed by atoms with Crippen molar-refractivity contribution in [1.29, 1.82) is 5.26 Å². The van der Waals surface area contributed by atoms with Gasteiger partial charge in [0.25, 0.3) is 5.91 Å². The topological polar surface area (TPSA) is 109 Å². The van der Waals surface area contributed by atoms with Crippen molar-refractivity contribution in [3.8, 4) is 17.6 Å². The lowest BCUT2D eigenvalue weighted by Crippen LogP contribution is -2.30. The summed E-state index contributed by atoms with van der Waals surface area (Å²) in [5, 5.41) is 11.7. The SMILES string of the molecule is CCOc1cc(C#N)ccc1OCC(=O)NCc1ccc(S(=O)(=O)N(CC)CC)cc1. The summed E-state index contributed by atoms with van der Waals surface area (Å²) in [7, 11) is -3.51. The largest absolute Gasteiger partial charge is 0.490 e. The van der Waals surface area contributed by atoms with E-state index in [0.717, 1.165) is 5.56 Å². The van der Waals surface area contributed by atoms with Crippen molar-refractivity contribution >= 4 is 15.9 Å². The van der Waals surface area contributed by atoms with Gasteiger partial charge in [-0.2, -0.15) is 9.57 Å². The van der Waals surface area contributed by atoms with Gasteiger partial charge in [0.05, 0.1) is 23.1 Å². The van der Waals surface area contributed by atoms with E-state index in [1.165, 1.54) is 16.4 Å². The first-order valence-corrected chi connectivity index (χ1v) is 11.4. The summed E-state index contributed by atoms with van der Waals surface area (Å²) in [6.45, 7) is 6.62. The van der Waals surface area contributed by atoms with Crippen molar-refractivity contribution in [3.63, 3.8) is 0 Å². The maximum Gasteiger partial charge on any atom is 0.258 e. The molecule has 0 aliphatic rings. The molecule has 0 aliphatic carbocycles. The lowest BCUT2D eigenvalue weighted by molar-refractivity contribution is -0.123. The maximum absolute atomic E-state index is 12.5. The molecule has 0 aromatic heterocycles. The molecule has 0 aliphatic heterocycles. The highest BCUT2D eigenvalue weighted by molar-refractivity contribution is 7.89. The standard InChI is InChI=1S/C22H27N3O5S/c1-4-25(5-2)31(27,28)19-10-7-17(8-11-19)15-24-22(26)16-30-20-12-9-18(14-23)13-21(20)29-6-3/h7-13H,4-6,15-16H2,1-3H3,(H,24,26). The number of carbonyl (C=O) groups is 1. The molecule has 2 aromatic carbocycles. The third-order valence-electron chi connectivity index (χ3n) is 4.49. The molecule has 0 spiro atoms. The number of ether oxygens (including phenoxy) is 2. The van der Waals surface area contributed by atoms with Gasteiger partial charge in [-0.3, -0.25) is 4.79 Å². The quantitative estimate of drug-likeness (QED) is 0.570. The van der Waals surface area contributed by atoms with Crippen LogP contribution in [-0.4, -0.2) is 44.9 Å². The molecule has 0 unspecified atom stereocenters. The van der Waals surface area contributed by atoms with E-state index >= 15 is 0 Å². The highest BCUT2D eigenvalue weighted by Gasteiger charge is 2.21. The van der Waals surface area contributed by atoms with Gasteiger partial charge in [0, 0.05) is 25.7 Å². The molecule has 0 heterocycles. The van der Waals surface area contributed by atoms with Crippen LogP contribution < -0.4 is 14.8 Å². The van der Waals surface area contributed by atoms with Crippen LogP contribution in [0.3, 0.4) is 0 Å². The van der Waals surface area contributed by atoms with Crippen LogP contribution in [0.2, 0.25) is 0 Å². The van der Waals surface area contributed by atoms with E-state index in [1.54, 1.807) is 44.2 Å². The van der Waals surface area contributed by atoms with E-state index < -0.39 is 10.0 Å². The van der Waals surface area contributed by atoms with E-state index in [4.69, 9.17) is 14.7 Å². The van der Waals surface area contributed by atoms with Gasteiger partial charge in [0.15, 0.2) is 18.1 Å². The van der Waals surface area contributed by atoms with E-state index in [2.05, 4.69) is 5.32 Å². The Kier molecular flexibility index (Phi) is 8.85. The molecule has 8 nitrogen and oxygen atoms in total. The second-order valence-electron chi connectivity index (χ2n) is 6.51. The van der Waals surface area contributed by atoms with Crippen molar-refractivity contribution in [2.24, 2.45) is 0 Å². The van der Waals surface area contributed by atoms with E-state index in [0.29, 0.717) is 36.8 Å². The second-order valence-corrected chi connectivity index (χ2v) is 8.44. The first-order chi connectivity index (χ1) is 14.8. The molecule has 2 aromatic rings. The molecule has 0 radical (unpaired) electrons. The Balaban J connectivity index is 1.93. The predicted octanol–water partition coefficient (Wildman–Crippen LogP) is 2.68. The third kappa shape index (κ3) is 6.44. The van der Waals surface area contributed by atoms with Crippen molar-refractivity contribution in [1.82, 2.24) is 9.62 Å². The predicted molar refractivity (Wildman–Crippen MR) is 116 cm³/mol. The molecule has 0 saturated heterocycles. The van der Waals surface area contributed by atoms with Crippen molar-refractivity contribution in [2.75, 3.05) is 26.3 Å². The number of hydrogen-bond acceptors (Lipinski definition) is 6. The molecule has 1 amide bonds. The maximum atomic E-state index is 12.5. The highest BCUT2D eigenvalue weighted by Crippen LogP contribution is 2.28. The summed E-state index contributed by atoms with van der Waals surface area (Å²) in [5.74, 6) is 0.438. The number of nitrogens with one attached hydrogen (secondary N) is 1. The smallest absolute Gasteiger partial charge is 0.258 e. The van der Waals surface area contributed by atoms with E-state index in [9.17, 15) is 13.2 Å². The van der Waals surface area contributed by atoms with Gasteiger partial charge >= 0.3 is 0 Å². The molecular weight excluding hydrogens is 418 g/mol. The van der Waals surface area contributed by atoms with Crippen LogP contribution in [0.1, 0.15) is 31.9 Å². The second kappa shape index (κ2) is 11.3. The minimum atomic E-state index is -3.51. The first kappa shape index (κ1) is 24.2. The number of nitriles is 1. The summed E-state index contributed by atoms with van der Waals surface area (Å²) in [6, 6.07) is 13.2. The molecule has 166 valence electrons. The Morgan fingerprint density at radius 3 is 2.29 bits per heavy atom. The van der Waals surface area contributed by atoms with Gasteiger partial charge in [0.2, 0.25) is 10.0 Å². The number of hydrogen-bond donors (Lipinski definition) is 1. The van der Waals surface area contributed by atoms with Crippen LogP contribution in [0.15, 0.2) is 47.4 Å². The number of benzene rings is 2. The van der Waals surface area contributed by atoms with Gasteiger partial charge in [0.1, 0.15) is 0 Å². The molecule has 2 rings (SSSR count). The zero-order valence-corrected chi connectivity index (χ0v) is 18.7. The molecule has 0 atom stereocenters. The minimum absolute atomic E-state index is 0.221. The van der Waals surface area contributed by atoms with Gasteiger partial charge in [-0.05, 0) is 36.8 Å². The number of sulfonamides is 1. The van der Waals surface area contributed by atoms with E-state index in [1.807, 2.05) is 13.0 Å². The normalized spacial score (nSPS) is 11.1. The van der Waals surface area contributed by atoms with Crippen LogP contribution in [0.25, 0.3) is 0 Å². The number of rotatable bonds is 11. The average molecular weight is 446 g/mol. The summed E-state index contributed by atoms with van der Waals surface area (Å²) in [6.07, 6.45) is 0. The van der Waals surface area contributed by atoms with Crippen LogP contribution >= 0.6 is 0 Å². The molecule has 0 bridgehead atoms. The van der Waals surface area contributed by atoms with Gasteiger partial charge in [-0.25, -0.2) is 8.42 Å². The Morgan fingerprint density at radius 2 is 1.71 bits per heavy atom. The minimum Gasteiger partial charge on any atom is -0.490 e. The Hall–Kier alpha value is -3.09. The van der Waals surface area contributed by atoms with Gasteiger partial charge < -0.3 is 14.8 Å². The molecule has 31 heavy (non-hydrogen) atoms. The Labute approximate surface area is 183 Å².